The Morgan fingerprint density at radius 3 is 2.63 bits per heavy atom. The number of aliphatic imine (C=N–C) groups is 1. The van der Waals surface area contributed by atoms with E-state index in [2.05, 4.69) is 0 Å². The molecule has 0 spiro atoms. The molecular weight excluding hydrogens is 520 g/mol. The molecule has 10 nitrogen and oxygen atoms in total. The molecule has 2 aliphatic rings. The Bertz CT molecular complexity index is 1550. The summed E-state index contributed by atoms with van der Waals surface area (Å²) >= 11 is 0. The number of hydrogen-bond donors (Lipinski definition) is 4. The number of para-hydroxylation sites is 1. The maximum atomic E-state index is 13.6. The van der Waals surface area contributed by atoms with Crippen LogP contribution >= 0.6 is 0 Å². The number of benzene rings is 1. The van der Waals surface area contributed by atoms with Crippen molar-refractivity contribution >= 4 is 23.1 Å². The van der Waals surface area contributed by atoms with Crippen molar-refractivity contribution in [2.24, 2.45) is 22.2 Å². The number of carbonyl (C=O) groups is 1. The van der Waals surface area contributed by atoms with Gasteiger partial charge in [-0.15, -0.1) is 0 Å². The Morgan fingerprint density at radius 1 is 1.12 bits per heavy atom. The van der Waals surface area contributed by atoms with Gasteiger partial charge >= 0.3 is 5.97 Å². The fourth-order valence-electron chi connectivity index (χ4n) is 6.10. The molecule has 0 saturated carbocycles. The van der Waals surface area contributed by atoms with Gasteiger partial charge in [-0.1, -0.05) is 31.5 Å². The zero-order chi connectivity index (χ0) is 29.2. The molecule has 0 amide bonds. The van der Waals surface area contributed by atoms with Gasteiger partial charge < -0.3 is 31.6 Å². The molecule has 10 heteroatoms. The van der Waals surface area contributed by atoms with Gasteiger partial charge in [0, 0.05) is 40.4 Å². The molecule has 1 unspecified atom stereocenters. The monoisotopic (exact) mass is 560 g/mol. The van der Waals surface area contributed by atoms with Crippen molar-refractivity contribution in [3.8, 4) is 11.4 Å². The molecular formula is C31H40N6O4. The van der Waals surface area contributed by atoms with Crippen LogP contribution < -0.4 is 22.8 Å². The first-order valence-electron chi connectivity index (χ1n) is 14.5. The van der Waals surface area contributed by atoms with E-state index in [9.17, 15) is 14.7 Å². The largest absolute Gasteiger partial charge is 0.458 e. The van der Waals surface area contributed by atoms with Crippen LogP contribution in [0, 0.1) is 0 Å². The van der Waals surface area contributed by atoms with Gasteiger partial charge in [0.2, 0.25) is 0 Å². The van der Waals surface area contributed by atoms with E-state index in [4.69, 9.17) is 31.9 Å². The molecule has 0 fully saturated rings. The number of carbonyl (C=O) groups excluding carboxylic acids is 1. The van der Waals surface area contributed by atoms with E-state index in [-0.39, 0.29) is 24.1 Å². The van der Waals surface area contributed by atoms with Crippen LogP contribution in [0.3, 0.4) is 0 Å². The maximum absolute atomic E-state index is 13.6. The van der Waals surface area contributed by atoms with Crippen molar-refractivity contribution < 1.29 is 14.6 Å². The van der Waals surface area contributed by atoms with Crippen LogP contribution in [0.4, 0.5) is 0 Å². The fourth-order valence-corrected chi connectivity index (χ4v) is 6.10. The summed E-state index contributed by atoms with van der Waals surface area (Å²) in [4.78, 5) is 35.9. The van der Waals surface area contributed by atoms with Crippen molar-refractivity contribution in [1.82, 2.24) is 9.55 Å². The van der Waals surface area contributed by atoms with Crippen LogP contribution in [-0.4, -0.2) is 52.0 Å². The van der Waals surface area contributed by atoms with Crippen LogP contribution in [0.2, 0.25) is 0 Å². The molecule has 41 heavy (non-hydrogen) atoms. The highest BCUT2D eigenvalue weighted by atomic mass is 16.6. The van der Waals surface area contributed by atoms with E-state index < -0.39 is 11.6 Å². The van der Waals surface area contributed by atoms with Gasteiger partial charge in [-0.05, 0) is 63.7 Å². The van der Waals surface area contributed by atoms with Gasteiger partial charge in [0.1, 0.15) is 6.61 Å². The highest BCUT2D eigenvalue weighted by molar-refractivity contribution is 6.02. The van der Waals surface area contributed by atoms with Crippen molar-refractivity contribution in [1.29, 1.82) is 0 Å². The molecule has 0 bridgehead atoms. The highest BCUT2D eigenvalue weighted by Crippen LogP contribution is 2.39. The Balaban J connectivity index is 1.52. The molecule has 4 heterocycles. The molecule has 0 radical (unpaired) electrons. The first kappa shape index (κ1) is 29.1. The lowest BCUT2D eigenvalue weighted by Crippen LogP contribution is -2.44. The van der Waals surface area contributed by atoms with Crippen LogP contribution in [0.15, 0.2) is 40.1 Å². The third-order valence-electron chi connectivity index (χ3n) is 8.61. The van der Waals surface area contributed by atoms with Gasteiger partial charge in [0.25, 0.3) is 5.56 Å². The standard InChI is InChI=1S/C31H40N6O4/c1-2-31(40)24-16-26-27-22(18-37(26)28(38)23(24)19-41-29(31)39)21(20-8-3-4-9-25(20)36-27)17-35-15-12-30(34,11-7-14-33)10-5-6-13-32/h3-4,8-9,16-17,40H,2,5-7,10-15,18-19,32-34H2,1H3/t30?,31-/m0/s1. The van der Waals surface area contributed by atoms with Gasteiger partial charge in [-0.3, -0.25) is 9.79 Å². The maximum Gasteiger partial charge on any atom is 0.343 e. The predicted octanol–water partition coefficient (Wildman–Crippen LogP) is 2.45. The summed E-state index contributed by atoms with van der Waals surface area (Å²) in [5.74, 6) is -0.736. The van der Waals surface area contributed by atoms with Crippen LogP contribution in [-0.2, 0) is 28.3 Å². The third-order valence-corrected chi connectivity index (χ3v) is 8.61. The fraction of sp³-hybridized carbons (Fsp3) is 0.484. The quantitative estimate of drug-likeness (QED) is 0.116. The lowest BCUT2D eigenvalue weighted by molar-refractivity contribution is -0.172. The molecule has 7 N–H and O–H groups in total. The van der Waals surface area contributed by atoms with Crippen molar-refractivity contribution in [3.05, 3.63) is 62.9 Å². The Morgan fingerprint density at radius 2 is 1.88 bits per heavy atom. The molecule has 2 aliphatic heterocycles. The molecule has 1 aromatic carbocycles. The zero-order valence-electron chi connectivity index (χ0n) is 23.7. The van der Waals surface area contributed by atoms with E-state index in [0.717, 1.165) is 60.6 Å². The topological polar surface area (TPSA) is 172 Å². The van der Waals surface area contributed by atoms with E-state index in [1.807, 2.05) is 30.5 Å². The average molecular weight is 561 g/mol. The number of pyridine rings is 2. The normalized spacial score (nSPS) is 19.2. The first-order chi connectivity index (χ1) is 19.8. The number of esters is 1. The molecule has 3 aromatic rings. The van der Waals surface area contributed by atoms with Crippen LogP contribution in [0.1, 0.15) is 74.1 Å². The number of hydrogen-bond acceptors (Lipinski definition) is 9. The minimum atomic E-state index is -1.87. The number of rotatable bonds is 12. The lowest BCUT2D eigenvalue weighted by Gasteiger charge is -2.31. The number of nitrogens with zero attached hydrogens (tertiary/aromatic N) is 3. The SMILES string of the molecule is CC[C@@]1(O)C(=O)OCc2c1cc1n(c2=O)Cc2c-1nc1ccccc1c2C=NCCC(N)(CCCN)CCCCN. The number of ether oxygens (including phenoxy) is 1. The third kappa shape index (κ3) is 5.32. The Kier molecular flexibility index (Phi) is 8.37. The van der Waals surface area contributed by atoms with Crippen molar-refractivity contribution in [2.75, 3.05) is 19.6 Å². The summed E-state index contributed by atoms with van der Waals surface area (Å²) in [6, 6.07) is 9.55. The molecule has 218 valence electrons. The highest BCUT2D eigenvalue weighted by Gasteiger charge is 2.45. The minimum absolute atomic E-state index is 0.0950. The number of nitrogens with two attached hydrogens (primary N) is 3. The number of aromatic nitrogens is 2. The van der Waals surface area contributed by atoms with Crippen molar-refractivity contribution in [2.45, 2.75) is 76.2 Å². The summed E-state index contributed by atoms with van der Waals surface area (Å²) in [6.07, 6.45) is 7.21. The lowest BCUT2D eigenvalue weighted by atomic mass is 9.85. The zero-order valence-corrected chi connectivity index (χ0v) is 23.7. The number of cyclic esters (lactones) is 1. The van der Waals surface area contributed by atoms with E-state index in [1.54, 1.807) is 17.6 Å². The summed E-state index contributed by atoms with van der Waals surface area (Å²) < 4.78 is 6.85. The molecule has 0 aliphatic carbocycles. The second-order valence-corrected chi connectivity index (χ2v) is 11.3. The number of unbranched alkanes of at least 4 members (excludes halogenated alkanes) is 1. The first-order valence-corrected chi connectivity index (χ1v) is 14.5. The molecule has 5 rings (SSSR count). The Hall–Kier alpha value is -3.44. The average Bonchev–Trinajstić information content (AvgIpc) is 3.35. The Labute approximate surface area is 239 Å². The van der Waals surface area contributed by atoms with E-state index >= 15 is 0 Å². The van der Waals surface area contributed by atoms with Crippen molar-refractivity contribution in [3.63, 3.8) is 0 Å². The summed E-state index contributed by atoms with van der Waals surface area (Å²) in [5, 5.41) is 12.1. The van der Waals surface area contributed by atoms with E-state index in [0.29, 0.717) is 48.7 Å². The minimum Gasteiger partial charge on any atom is -0.458 e. The predicted molar refractivity (Wildman–Crippen MR) is 160 cm³/mol. The summed E-state index contributed by atoms with van der Waals surface area (Å²) in [6.45, 7) is 3.66. The summed E-state index contributed by atoms with van der Waals surface area (Å²) in [5.41, 5.74) is 20.1. The number of fused-ring (bicyclic) bond motifs is 5. The van der Waals surface area contributed by atoms with Gasteiger partial charge in [0.15, 0.2) is 5.60 Å². The van der Waals surface area contributed by atoms with Crippen LogP contribution in [0.25, 0.3) is 22.3 Å². The van der Waals surface area contributed by atoms with Gasteiger partial charge in [-0.25, -0.2) is 9.78 Å². The molecule has 2 aromatic heterocycles. The van der Waals surface area contributed by atoms with Crippen LogP contribution in [0.5, 0.6) is 0 Å². The second kappa shape index (κ2) is 11.8. The van der Waals surface area contributed by atoms with Gasteiger partial charge in [-0.2, -0.15) is 0 Å². The second-order valence-electron chi connectivity index (χ2n) is 11.3. The van der Waals surface area contributed by atoms with Gasteiger partial charge in [0.05, 0.1) is 29.0 Å². The molecule has 2 atom stereocenters. The smallest absolute Gasteiger partial charge is 0.343 e. The van der Waals surface area contributed by atoms with E-state index in [1.165, 1.54) is 0 Å². The molecule has 0 saturated heterocycles. The summed E-state index contributed by atoms with van der Waals surface area (Å²) in [7, 11) is 0. The number of aliphatic hydroxyl groups is 1.